The summed E-state index contributed by atoms with van der Waals surface area (Å²) in [5, 5.41) is 0. The summed E-state index contributed by atoms with van der Waals surface area (Å²) in [5.74, 6) is 0.581. The van der Waals surface area contributed by atoms with Crippen molar-refractivity contribution in [1.29, 1.82) is 0 Å². The number of aryl methyl sites for hydroxylation is 1. The largest absolute Gasteiger partial charge is 0.496 e. The maximum absolute atomic E-state index is 13.2. The fourth-order valence-electron chi connectivity index (χ4n) is 3.72. The molecule has 1 heterocycles. The Morgan fingerprint density at radius 1 is 1.22 bits per heavy atom. The molecule has 0 saturated carbocycles. The van der Waals surface area contributed by atoms with Gasteiger partial charge in [0.05, 0.1) is 30.8 Å². The highest BCUT2D eigenvalue weighted by Crippen LogP contribution is 2.28. The van der Waals surface area contributed by atoms with Crippen LogP contribution in [0, 0.1) is 6.92 Å². The van der Waals surface area contributed by atoms with Gasteiger partial charge in [-0.05, 0) is 55.0 Å². The van der Waals surface area contributed by atoms with Crippen LogP contribution in [-0.2, 0) is 14.8 Å². The van der Waals surface area contributed by atoms with Crippen molar-refractivity contribution in [2.24, 2.45) is 0 Å². The second-order valence-electron chi connectivity index (χ2n) is 7.58. The van der Waals surface area contributed by atoms with Gasteiger partial charge in [-0.25, -0.2) is 13.1 Å². The Hall–Kier alpha value is -2.07. The number of rotatable bonds is 8. The highest BCUT2D eigenvalue weighted by atomic mass is 32.2. The van der Waals surface area contributed by atoms with Crippen molar-refractivity contribution in [1.82, 2.24) is 9.62 Å². The third kappa shape index (κ3) is 5.46. The second-order valence-corrected chi connectivity index (χ2v) is 10.1. The fraction of sp³-hybridized carbons (Fsp3) is 0.435. The van der Waals surface area contributed by atoms with E-state index in [1.807, 2.05) is 38.3 Å². The minimum atomic E-state index is -3.85. The predicted molar refractivity (Wildman–Crippen MR) is 126 cm³/mol. The Kier molecular flexibility index (Phi) is 8.21. The first kappa shape index (κ1) is 24.6. The van der Waals surface area contributed by atoms with E-state index >= 15 is 0 Å². The molecule has 0 aromatic heterocycles. The van der Waals surface area contributed by atoms with Crippen LogP contribution in [0.25, 0.3) is 0 Å². The average Bonchev–Trinajstić information content (AvgIpc) is 2.82. The summed E-state index contributed by atoms with van der Waals surface area (Å²) < 4.78 is 39.9. The zero-order valence-electron chi connectivity index (χ0n) is 18.9. The number of nitrogens with one attached hydrogen (secondary N) is 1. The molecule has 1 aliphatic rings. The van der Waals surface area contributed by atoms with Crippen LogP contribution in [0.1, 0.15) is 40.9 Å². The fourth-order valence-corrected chi connectivity index (χ4v) is 5.62. The first-order valence-electron chi connectivity index (χ1n) is 10.5. The first-order chi connectivity index (χ1) is 15.3. The van der Waals surface area contributed by atoms with Crippen LogP contribution < -0.4 is 9.46 Å². The molecule has 2 aromatic carbocycles. The molecule has 0 spiro atoms. The van der Waals surface area contributed by atoms with Crippen LogP contribution in [0.15, 0.2) is 46.2 Å². The van der Waals surface area contributed by atoms with Gasteiger partial charge in [-0.3, -0.25) is 4.79 Å². The minimum absolute atomic E-state index is 0.0793. The quantitative estimate of drug-likeness (QED) is 0.584. The average molecular weight is 479 g/mol. The van der Waals surface area contributed by atoms with Gasteiger partial charge in [0.15, 0.2) is 0 Å². The molecular weight excluding hydrogens is 448 g/mol. The molecule has 0 aliphatic carbocycles. The summed E-state index contributed by atoms with van der Waals surface area (Å²) >= 11 is 1.42. The summed E-state index contributed by atoms with van der Waals surface area (Å²) in [7, 11) is -2.24. The van der Waals surface area contributed by atoms with Gasteiger partial charge in [-0.15, -0.1) is 11.8 Å². The lowest BCUT2D eigenvalue weighted by molar-refractivity contribution is 0.0300. The number of morpholine rings is 1. The van der Waals surface area contributed by atoms with Gasteiger partial charge in [-0.1, -0.05) is 19.1 Å². The standard InChI is InChI=1S/C23H30N2O5S2/c1-5-20(17-6-8-21(29-3)16(2)14-17)24-32(27,28)18-7-9-22(31-4)19(15-18)23(26)25-10-12-30-13-11-25/h6-9,14-15,20,24H,5,10-13H2,1-4H3. The lowest BCUT2D eigenvalue weighted by atomic mass is 10.0. The zero-order chi connectivity index (χ0) is 23.3. The zero-order valence-corrected chi connectivity index (χ0v) is 20.5. The number of hydrogen-bond donors (Lipinski definition) is 1. The molecule has 7 nitrogen and oxygen atoms in total. The van der Waals surface area contributed by atoms with Gasteiger partial charge < -0.3 is 14.4 Å². The number of methoxy groups -OCH3 is 1. The molecule has 2 aromatic rings. The van der Waals surface area contributed by atoms with Crippen LogP contribution >= 0.6 is 11.8 Å². The molecule has 32 heavy (non-hydrogen) atoms. The summed E-state index contributed by atoms with van der Waals surface area (Å²) in [6, 6.07) is 9.98. The SMILES string of the molecule is CCC(NS(=O)(=O)c1ccc(SC)c(C(=O)N2CCOCC2)c1)c1ccc(OC)c(C)c1. The number of sulfonamides is 1. The van der Waals surface area contributed by atoms with Gasteiger partial charge in [0.25, 0.3) is 5.91 Å². The highest BCUT2D eigenvalue weighted by molar-refractivity contribution is 7.98. The lowest BCUT2D eigenvalue weighted by Crippen LogP contribution is -2.41. The van der Waals surface area contributed by atoms with Crippen LogP contribution in [0.5, 0.6) is 5.75 Å². The molecule has 174 valence electrons. The van der Waals surface area contributed by atoms with Crippen molar-refractivity contribution in [3.05, 3.63) is 53.1 Å². The van der Waals surface area contributed by atoms with E-state index in [-0.39, 0.29) is 10.8 Å². The monoisotopic (exact) mass is 478 g/mol. The smallest absolute Gasteiger partial charge is 0.255 e. The maximum atomic E-state index is 13.2. The van der Waals surface area contributed by atoms with Crippen LogP contribution in [0.2, 0.25) is 0 Å². The first-order valence-corrected chi connectivity index (χ1v) is 13.2. The van der Waals surface area contributed by atoms with Gasteiger partial charge in [0.1, 0.15) is 5.75 Å². The van der Waals surface area contributed by atoms with Crippen LogP contribution in [0.4, 0.5) is 0 Å². The normalized spacial score (nSPS) is 15.4. The number of benzene rings is 2. The molecule has 1 amide bonds. The number of carbonyl (C=O) groups excluding carboxylic acids is 1. The number of nitrogens with zero attached hydrogens (tertiary/aromatic N) is 1. The molecule has 1 atom stereocenters. The molecule has 1 saturated heterocycles. The second kappa shape index (κ2) is 10.7. The highest BCUT2D eigenvalue weighted by Gasteiger charge is 2.26. The van der Waals surface area contributed by atoms with E-state index in [0.717, 1.165) is 21.8 Å². The van der Waals surface area contributed by atoms with E-state index in [2.05, 4.69) is 4.72 Å². The number of carbonyl (C=O) groups is 1. The summed E-state index contributed by atoms with van der Waals surface area (Å²) in [6.45, 7) is 5.82. The molecular formula is C23H30N2O5S2. The Bertz CT molecular complexity index is 1070. The lowest BCUT2D eigenvalue weighted by Gasteiger charge is -2.27. The number of ether oxygens (including phenoxy) is 2. The summed E-state index contributed by atoms with van der Waals surface area (Å²) in [6.07, 6.45) is 2.45. The minimum Gasteiger partial charge on any atom is -0.496 e. The molecule has 0 radical (unpaired) electrons. The number of amides is 1. The van der Waals surface area contributed by atoms with E-state index in [1.165, 1.54) is 17.8 Å². The van der Waals surface area contributed by atoms with Crippen LogP contribution in [-0.4, -0.2) is 58.9 Å². The Morgan fingerprint density at radius 2 is 1.94 bits per heavy atom. The van der Waals surface area contributed by atoms with Gasteiger partial charge in [0, 0.05) is 24.0 Å². The molecule has 9 heteroatoms. The molecule has 1 aliphatic heterocycles. The Balaban J connectivity index is 1.90. The number of hydrogen-bond acceptors (Lipinski definition) is 6. The Labute approximate surface area is 194 Å². The Morgan fingerprint density at radius 3 is 2.53 bits per heavy atom. The van der Waals surface area contributed by atoms with Gasteiger partial charge >= 0.3 is 0 Å². The van der Waals surface area contributed by atoms with Gasteiger partial charge in [-0.2, -0.15) is 0 Å². The summed E-state index contributed by atoms with van der Waals surface area (Å²) in [4.78, 5) is 15.6. The van der Waals surface area contributed by atoms with E-state index < -0.39 is 16.1 Å². The van der Waals surface area contributed by atoms with Crippen molar-refractivity contribution in [2.75, 3.05) is 39.7 Å². The van der Waals surface area contributed by atoms with Crippen molar-refractivity contribution < 1.29 is 22.7 Å². The predicted octanol–water partition coefficient (Wildman–Crippen LogP) is 3.63. The van der Waals surface area contributed by atoms with E-state index in [1.54, 1.807) is 24.1 Å². The topological polar surface area (TPSA) is 84.9 Å². The maximum Gasteiger partial charge on any atom is 0.255 e. The third-order valence-electron chi connectivity index (χ3n) is 5.54. The van der Waals surface area contributed by atoms with Crippen molar-refractivity contribution in [2.45, 2.75) is 36.1 Å². The third-order valence-corrected chi connectivity index (χ3v) is 7.80. The summed E-state index contributed by atoms with van der Waals surface area (Å²) in [5.41, 5.74) is 2.20. The molecule has 1 fully saturated rings. The molecule has 3 rings (SSSR count). The van der Waals surface area contributed by atoms with E-state index in [4.69, 9.17) is 9.47 Å². The molecule has 1 unspecified atom stereocenters. The van der Waals surface area contributed by atoms with Crippen LogP contribution in [0.3, 0.4) is 0 Å². The van der Waals surface area contributed by atoms with E-state index in [0.29, 0.717) is 38.3 Å². The van der Waals surface area contributed by atoms with Crippen molar-refractivity contribution in [3.8, 4) is 5.75 Å². The molecule has 0 bridgehead atoms. The van der Waals surface area contributed by atoms with E-state index in [9.17, 15) is 13.2 Å². The van der Waals surface area contributed by atoms with Crippen molar-refractivity contribution in [3.63, 3.8) is 0 Å². The molecule has 1 N–H and O–H groups in total. The van der Waals surface area contributed by atoms with Crippen molar-refractivity contribution >= 4 is 27.7 Å². The number of thioether (sulfide) groups is 1. The van der Waals surface area contributed by atoms with Gasteiger partial charge in [0.2, 0.25) is 10.0 Å².